The van der Waals surface area contributed by atoms with E-state index in [-0.39, 0.29) is 17.1 Å². The molecule has 0 aromatic heterocycles. The molecule has 3 aromatic carbocycles. The molecule has 10 heteroatoms. The van der Waals surface area contributed by atoms with Crippen LogP contribution >= 0.6 is 27.5 Å². The maximum absolute atomic E-state index is 14.1. The largest absolute Gasteiger partial charge is 0.490 e. The zero-order chi connectivity index (χ0) is 24.7. The predicted octanol–water partition coefficient (Wildman–Crippen LogP) is 5.20. The Labute approximate surface area is 212 Å². The van der Waals surface area contributed by atoms with Crippen molar-refractivity contribution in [3.63, 3.8) is 0 Å². The molecule has 3 rings (SSSR count). The van der Waals surface area contributed by atoms with Gasteiger partial charge in [0.25, 0.3) is 0 Å². The molecule has 0 heterocycles. The second kappa shape index (κ2) is 12.0. The van der Waals surface area contributed by atoms with E-state index in [2.05, 4.69) is 21.2 Å². The molecule has 0 atom stereocenters. The van der Waals surface area contributed by atoms with E-state index in [9.17, 15) is 12.8 Å². The summed E-state index contributed by atoms with van der Waals surface area (Å²) in [6.07, 6.45) is 0.714. The molecule has 0 aliphatic heterocycles. The molecule has 0 spiro atoms. The molecule has 0 aliphatic carbocycles. The second-order valence-electron chi connectivity index (χ2n) is 7.43. The molecule has 34 heavy (non-hydrogen) atoms. The summed E-state index contributed by atoms with van der Waals surface area (Å²) < 4.78 is 49.2. The molecule has 0 radical (unpaired) electrons. The number of nitrogens with two attached hydrogens (primary N) is 1. The molecule has 3 N–H and O–H groups in total. The summed E-state index contributed by atoms with van der Waals surface area (Å²) in [6.45, 7) is 3.53. The third-order valence-corrected chi connectivity index (χ3v) is 7.03. The summed E-state index contributed by atoms with van der Waals surface area (Å²) in [5.41, 5.74) is 2.24. The van der Waals surface area contributed by atoms with Gasteiger partial charge in [0.2, 0.25) is 10.0 Å². The fourth-order valence-corrected chi connectivity index (χ4v) is 4.41. The minimum Gasteiger partial charge on any atom is -0.490 e. The van der Waals surface area contributed by atoms with Gasteiger partial charge in [-0.3, -0.25) is 0 Å². The van der Waals surface area contributed by atoms with Gasteiger partial charge in [-0.1, -0.05) is 45.7 Å². The molecular formula is C24H25BrClFN2O4S. The number of hydrogen-bond donors (Lipinski definition) is 2. The Kier molecular flexibility index (Phi) is 9.32. The number of hydrogen-bond acceptors (Lipinski definition) is 5. The standard InChI is InChI=1S/C24H25BrClFN2O4S/c1-2-32-23-12-17(14-29-11-10-16-6-8-18(9-7-16)34(28,30)31)20(25)13-24(23)33-15-19-21(26)4-3-5-22(19)27/h3-9,12-13,29H,2,10-11,14-15H2,1H3,(H2,28,30,31). The second-order valence-corrected chi connectivity index (χ2v) is 10.3. The maximum atomic E-state index is 14.1. The molecule has 0 saturated carbocycles. The van der Waals surface area contributed by atoms with Crippen LogP contribution in [0.1, 0.15) is 23.6 Å². The molecular weight excluding hydrogens is 547 g/mol. The average Bonchev–Trinajstić information content (AvgIpc) is 2.78. The number of nitrogens with one attached hydrogen (secondary N) is 1. The minimum absolute atomic E-state index is 0.0279. The van der Waals surface area contributed by atoms with Crippen molar-refractivity contribution < 1.29 is 22.3 Å². The van der Waals surface area contributed by atoms with Crippen LogP contribution in [-0.4, -0.2) is 21.6 Å². The first-order valence-corrected chi connectivity index (χ1v) is 13.2. The van der Waals surface area contributed by atoms with Crippen molar-refractivity contribution in [1.29, 1.82) is 0 Å². The summed E-state index contributed by atoms with van der Waals surface area (Å²) in [6, 6.07) is 14.7. The first-order chi connectivity index (χ1) is 16.2. The van der Waals surface area contributed by atoms with Crippen molar-refractivity contribution in [1.82, 2.24) is 5.32 Å². The highest BCUT2D eigenvalue weighted by atomic mass is 79.9. The van der Waals surface area contributed by atoms with Gasteiger partial charge in [0.05, 0.1) is 16.5 Å². The summed E-state index contributed by atoms with van der Waals surface area (Å²) in [5.74, 6) is 0.602. The molecule has 0 saturated heterocycles. The highest BCUT2D eigenvalue weighted by Crippen LogP contribution is 2.35. The molecule has 0 bridgehead atoms. The number of halogens is 3. The Hall–Kier alpha value is -2.17. The van der Waals surface area contributed by atoms with Gasteiger partial charge in [0.15, 0.2) is 11.5 Å². The highest BCUT2D eigenvalue weighted by Gasteiger charge is 2.14. The van der Waals surface area contributed by atoms with Gasteiger partial charge in [0, 0.05) is 16.6 Å². The van der Waals surface area contributed by atoms with Crippen LogP contribution in [0.25, 0.3) is 0 Å². The molecule has 0 aliphatic rings. The van der Waals surface area contributed by atoms with E-state index in [0.29, 0.717) is 42.6 Å². The first-order valence-electron chi connectivity index (χ1n) is 10.5. The van der Waals surface area contributed by atoms with Gasteiger partial charge >= 0.3 is 0 Å². The summed E-state index contributed by atoms with van der Waals surface area (Å²) in [7, 11) is -3.69. The van der Waals surface area contributed by atoms with E-state index in [1.165, 1.54) is 18.2 Å². The Balaban J connectivity index is 1.62. The van der Waals surface area contributed by atoms with E-state index < -0.39 is 15.8 Å². The lowest BCUT2D eigenvalue weighted by Gasteiger charge is -2.16. The summed E-state index contributed by atoms with van der Waals surface area (Å²) in [5, 5.41) is 8.79. The third kappa shape index (κ3) is 7.16. The Morgan fingerprint density at radius 2 is 1.79 bits per heavy atom. The van der Waals surface area contributed by atoms with Gasteiger partial charge in [-0.15, -0.1) is 0 Å². The van der Waals surface area contributed by atoms with E-state index in [1.54, 1.807) is 30.3 Å². The van der Waals surface area contributed by atoms with Gasteiger partial charge in [-0.2, -0.15) is 0 Å². The van der Waals surface area contributed by atoms with Crippen LogP contribution in [0.4, 0.5) is 4.39 Å². The van der Waals surface area contributed by atoms with E-state index in [4.69, 9.17) is 26.2 Å². The minimum atomic E-state index is -3.69. The summed E-state index contributed by atoms with van der Waals surface area (Å²) in [4.78, 5) is 0.0937. The van der Waals surface area contributed by atoms with Crippen LogP contribution in [0, 0.1) is 5.82 Å². The number of rotatable bonds is 11. The summed E-state index contributed by atoms with van der Waals surface area (Å²) >= 11 is 9.66. The topological polar surface area (TPSA) is 90.6 Å². The highest BCUT2D eigenvalue weighted by molar-refractivity contribution is 9.10. The smallest absolute Gasteiger partial charge is 0.238 e. The Morgan fingerprint density at radius 1 is 1.09 bits per heavy atom. The Morgan fingerprint density at radius 3 is 2.44 bits per heavy atom. The van der Waals surface area contributed by atoms with Crippen molar-refractivity contribution >= 4 is 37.6 Å². The maximum Gasteiger partial charge on any atom is 0.238 e. The van der Waals surface area contributed by atoms with Crippen molar-refractivity contribution in [2.24, 2.45) is 5.14 Å². The fraction of sp³-hybridized carbons (Fsp3) is 0.250. The van der Waals surface area contributed by atoms with Crippen LogP contribution in [0.2, 0.25) is 5.02 Å². The van der Waals surface area contributed by atoms with Gasteiger partial charge in [-0.05, 0) is 67.4 Å². The first kappa shape index (κ1) is 26.4. The molecule has 6 nitrogen and oxygen atoms in total. The van der Waals surface area contributed by atoms with Gasteiger partial charge in [-0.25, -0.2) is 17.9 Å². The normalized spacial score (nSPS) is 11.4. The van der Waals surface area contributed by atoms with Crippen LogP contribution in [0.5, 0.6) is 11.5 Å². The number of primary sulfonamides is 1. The van der Waals surface area contributed by atoms with E-state index >= 15 is 0 Å². The fourth-order valence-electron chi connectivity index (χ4n) is 3.22. The monoisotopic (exact) mass is 570 g/mol. The van der Waals surface area contributed by atoms with Crippen molar-refractivity contribution in [2.75, 3.05) is 13.2 Å². The lowest BCUT2D eigenvalue weighted by atomic mass is 10.1. The Bertz CT molecular complexity index is 1220. The van der Waals surface area contributed by atoms with Crippen LogP contribution in [-0.2, 0) is 29.6 Å². The lowest BCUT2D eigenvalue weighted by molar-refractivity contribution is 0.265. The van der Waals surface area contributed by atoms with E-state index in [1.807, 2.05) is 13.0 Å². The van der Waals surface area contributed by atoms with Crippen LogP contribution < -0.4 is 19.9 Å². The number of sulfonamides is 1. The molecule has 0 unspecified atom stereocenters. The zero-order valence-electron chi connectivity index (χ0n) is 18.5. The SMILES string of the molecule is CCOc1cc(CNCCc2ccc(S(N)(=O)=O)cc2)c(Br)cc1OCc1c(F)cccc1Cl. The molecule has 0 fully saturated rings. The third-order valence-electron chi connectivity index (χ3n) is 5.00. The van der Waals surface area contributed by atoms with Crippen LogP contribution in [0.15, 0.2) is 64.0 Å². The number of ether oxygens (including phenoxy) is 2. The van der Waals surface area contributed by atoms with Crippen molar-refractivity contribution in [3.8, 4) is 11.5 Å². The van der Waals surface area contributed by atoms with Crippen LogP contribution in [0.3, 0.4) is 0 Å². The van der Waals surface area contributed by atoms with Crippen molar-refractivity contribution in [2.45, 2.75) is 31.4 Å². The van der Waals surface area contributed by atoms with Gasteiger partial charge < -0.3 is 14.8 Å². The quantitative estimate of drug-likeness (QED) is 0.309. The molecule has 3 aromatic rings. The molecule has 0 amide bonds. The molecule has 182 valence electrons. The number of benzene rings is 3. The van der Waals surface area contributed by atoms with Crippen molar-refractivity contribution in [3.05, 3.63) is 86.6 Å². The zero-order valence-corrected chi connectivity index (χ0v) is 21.6. The van der Waals surface area contributed by atoms with E-state index in [0.717, 1.165) is 15.6 Å². The predicted molar refractivity (Wildman–Crippen MR) is 134 cm³/mol. The average molecular weight is 572 g/mol. The van der Waals surface area contributed by atoms with Gasteiger partial charge in [0.1, 0.15) is 12.4 Å². The lowest BCUT2D eigenvalue weighted by Crippen LogP contribution is -2.17.